The van der Waals surface area contributed by atoms with E-state index >= 15 is 0 Å². The fraction of sp³-hybridized carbons (Fsp3) is 0. The minimum Gasteiger partial charge on any atom is -1.00 e. The summed E-state index contributed by atoms with van der Waals surface area (Å²) in [6, 6.07) is 0. The second kappa shape index (κ2) is 8.84. The summed E-state index contributed by atoms with van der Waals surface area (Å²) in [5.41, 5.74) is 0. The van der Waals surface area contributed by atoms with Gasteiger partial charge in [0, 0.05) is 0 Å². The number of hydrogen-bond donors (Lipinski definition) is 0. The van der Waals surface area contributed by atoms with Crippen LogP contribution in [0.4, 0.5) is 0 Å². The van der Waals surface area contributed by atoms with Gasteiger partial charge in [0.15, 0.2) is 0 Å². The average Bonchev–Trinajstić information content (AvgIpc) is 0.918. The van der Waals surface area contributed by atoms with Crippen molar-refractivity contribution in [1.82, 2.24) is 0 Å². The first kappa shape index (κ1) is 9.25. The number of rotatable bonds is 0. The van der Waals surface area contributed by atoms with Gasteiger partial charge in [0.25, 0.3) is 0 Å². The van der Waals surface area contributed by atoms with Crippen molar-refractivity contribution in [1.29, 1.82) is 0 Å². The Morgan fingerprint density at radius 1 is 1.50 bits per heavy atom. The van der Waals surface area contributed by atoms with Crippen LogP contribution in [0.5, 0.6) is 0 Å². The van der Waals surface area contributed by atoms with Crippen molar-refractivity contribution in [3.8, 4) is 0 Å². The van der Waals surface area contributed by atoms with E-state index in [-0.39, 0.29) is 31.0 Å². The molecule has 22 valence electrons. The molecule has 4 heteroatoms. The molecule has 0 saturated carbocycles. The molecule has 0 aliphatic carbocycles. The summed E-state index contributed by atoms with van der Waals surface area (Å²) in [7, 11) is -0.639. The third-order valence-corrected chi connectivity index (χ3v) is 0. The maximum atomic E-state index is 4.90. The van der Waals surface area contributed by atoms with Crippen molar-refractivity contribution < 1.29 is 31.0 Å². The van der Waals surface area contributed by atoms with Gasteiger partial charge in [-0.25, -0.2) is 0 Å². The molecule has 4 heavy (non-hydrogen) atoms. The molecule has 0 aliphatic rings. The van der Waals surface area contributed by atoms with Gasteiger partial charge in [-0.15, -0.1) is 0 Å². The molecule has 0 saturated heterocycles. The fourth-order valence-corrected chi connectivity index (χ4v) is 0. The predicted molar refractivity (Wildman–Crippen MR) is 21.4 cm³/mol. The van der Waals surface area contributed by atoms with E-state index in [0.717, 1.165) is 0 Å². The van der Waals surface area contributed by atoms with Crippen LogP contribution in [0.2, 0.25) is 0 Å². The Morgan fingerprint density at radius 3 is 1.50 bits per heavy atom. The first-order valence-electron chi connectivity index (χ1n) is 0.535. The Labute approximate surface area is 60.9 Å². The van der Waals surface area contributed by atoms with Gasteiger partial charge in [0.1, 0.15) is 0 Å². The Morgan fingerprint density at radius 2 is 1.50 bits per heavy atom. The molecular weight excluding hydrogens is 122 g/mol. The van der Waals surface area contributed by atoms with Gasteiger partial charge in [-0.3, -0.25) is 0 Å². The SMILES string of the molecule is Cl[SiH2]Cl.[H-].[Na+]. The molecule has 0 rings (SSSR count). The Hall–Kier alpha value is 1.80. The van der Waals surface area contributed by atoms with Gasteiger partial charge >= 0.3 is 29.6 Å². The molecule has 0 amide bonds. The third kappa shape index (κ3) is 9.20. The van der Waals surface area contributed by atoms with Gasteiger partial charge in [-0.2, -0.15) is 22.2 Å². The van der Waals surface area contributed by atoms with Crippen molar-refractivity contribution in [3.63, 3.8) is 0 Å². The summed E-state index contributed by atoms with van der Waals surface area (Å²) < 4.78 is 0. The standard InChI is InChI=1S/Cl2H2Si.Na.H/c1-3-2;;/h3H2;;/q;+1;-1. The zero-order valence-corrected chi connectivity index (χ0v) is 7.39. The van der Waals surface area contributed by atoms with Gasteiger partial charge in [-0.05, 0) is 0 Å². The zero-order chi connectivity index (χ0) is 2.71. The van der Waals surface area contributed by atoms with Crippen LogP contribution in [0.25, 0.3) is 0 Å². The average molecular weight is 125 g/mol. The molecule has 0 aromatic carbocycles. The van der Waals surface area contributed by atoms with Crippen LogP contribution >= 0.6 is 22.2 Å². The maximum absolute atomic E-state index is 4.90. The van der Waals surface area contributed by atoms with Crippen LogP contribution in [0, 0.1) is 0 Å². The molecule has 0 fully saturated rings. The number of halogens is 2. The summed E-state index contributed by atoms with van der Waals surface area (Å²) in [5, 5.41) is 0. The van der Waals surface area contributed by atoms with Crippen molar-refractivity contribution in [2.45, 2.75) is 0 Å². The first-order valence-corrected chi connectivity index (χ1v) is 4.81. The first-order chi connectivity index (χ1) is 1.41. The monoisotopic (exact) mass is 124 g/mol. The van der Waals surface area contributed by atoms with Gasteiger partial charge < -0.3 is 1.43 Å². The molecular formula is H3Cl2NaSi. The third-order valence-electron chi connectivity index (χ3n) is 0. The maximum Gasteiger partial charge on any atom is 1.00 e. The van der Waals surface area contributed by atoms with Crippen LogP contribution in [0.3, 0.4) is 0 Å². The minimum absolute atomic E-state index is 0. The van der Waals surface area contributed by atoms with E-state index in [0.29, 0.717) is 0 Å². The zero-order valence-electron chi connectivity index (χ0n) is 3.46. The van der Waals surface area contributed by atoms with Crippen LogP contribution < -0.4 is 29.6 Å². The normalized spacial score (nSPS) is 4.50. The number of hydrogen-bond acceptors (Lipinski definition) is 0. The van der Waals surface area contributed by atoms with E-state index in [4.69, 9.17) is 22.2 Å². The predicted octanol–water partition coefficient (Wildman–Crippen LogP) is -2.42. The summed E-state index contributed by atoms with van der Waals surface area (Å²) in [6.07, 6.45) is 0. The van der Waals surface area contributed by atoms with E-state index in [1.165, 1.54) is 0 Å². The van der Waals surface area contributed by atoms with E-state index in [1.54, 1.807) is 0 Å². The quantitative estimate of drug-likeness (QED) is 0.249. The van der Waals surface area contributed by atoms with Crippen molar-refractivity contribution in [2.24, 2.45) is 0 Å². The molecule has 0 radical (unpaired) electrons. The smallest absolute Gasteiger partial charge is 1.00 e. The van der Waals surface area contributed by atoms with E-state index < -0.39 is 8.14 Å². The molecule has 0 bridgehead atoms. The van der Waals surface area contributed by atoms with E-state index in [1.807, 2.05) is 0 Å². The van der Waals surface area contributed by atoms with Gasteiger partial charge in [0.05, 0.1) is 0 Å². The summed E-state index contributed by atoms with van der Waals surface area (Å²) >= 11 is 9.81. The Balaban J connectivity index is -0.0000000200. The van der Waals surface area contributed by atoms with E-state index in [9.17, 15) is 0 Å². The van der Waals surface area contributed by atoms with E-state index in [2.05, 4.69) is 0 Å². The molecule has 0 N–H and O–H groups in total. The minimum atomic E-state index is -0.639. The summed E-state index contributed by atoms with van der Waals surface area (Å²) in [6.45, 7) is 0. The van der Waals surface area contributed by atoms with Crippen molar-refractivity contribution in [2.75, 3.05) is 0 Å². The molecule has 0 aromatic heterocycles. The second-order valence-corrected chi connectivity index (χ2v) is 2.73. The molecule has 0 unspecified atom stereocenters. The largest absolute Gasteiger partial charge is 1.00 e. The van der Waals surface area contributed by atoms with Gasteiger partial charge in [-0.1, -0.05) is 0 Å². The van der Waals surface area contributed by atoms with Crippen molar-refractivity contribution in [3.05, 3.63) is 0 Å². The molecule has 0 aromatic rings. The molecule has 0 heterocycles. The molecule has 0 aliphatic heterocycles. The fourth-order valence-electron chi connectivity index (χ4n) is 0. The van der Waals surface area contributed by atoms with Crippen LogP contribution in [-0.2, 0) is 0 Å². The van der Waals surface area contributed by atoms with Crippen molar-refractivity contribution >= 4 is 30.3 Å². The topological polar surface area (TPSA) is 0 Å². The Bertz CT molecular complexity index is 9.61. The van der Waals surface area contributed by atoms with Crippen LogP contribution in [0.15, 0.2) is 0 Å². The second-order valence-electron chi connectivity index (χ2n) is 0.101. The van der Waals surface area contributed by atoms with Crippen LogP contribution in [0.1, 0.15) is 1.43 Å². The molecule has 0 atom stereocenters. The van der Waals surface area contributed by atoms with Crippen LogP contribution in [-0.4, -0.2) is 8.14 Å². The molecule has 0 spiro atoms. The van der Waals surface area contributed by atoms with Gasteiger partial charge in [0.2, 0.25) is 8.14 Å². The summed E-state index contributed by atoms with van der Waals surface area (Å²) in [5.74, 6) is 0. The molecule has 0 nitrogen and oxygen atoms in total. The summed E-state index contributed by atoms with van der Waals surface area (Å²) in [4.78, 5) is 0. The Kier molecular flexibility index (Phi) is 20.4.